The largest absolute Gasteiger partial charge is 0.269 e. The summed E-state index contributed by atoms with van der Waals surface area (Å²) in [7, 11) is 0. The van der Waals surface area contributed by atoms with Gasteiger partial charge in [0.2, 0.25) is 0 Å². The summed E-state index contributed by atoms with van der Waals surface area (Å²) in [4.78, 5) is 62.1. The van der Waals surface area contributed by atoms with Gasteiger partial charge in [-0.25, -0.2) is 0 Å². The third-order valence-corrected chi connectivity index (χ3v) is 10.6. The number of imide groups is 2. The minimum absolute atomic E-state index is 0.261. The van der Waals surface area contributed by atoms with Crippen molar-refractivity contribution >= 4 is 55.9 Å². The van der Waals surface area contributed by atoms with Crippen molar-refractivity contribution in [3.8, 4) is 0 Å². The molecule has 0 aliphatic heterocycles. The molecule has 0 heterocycles. The second kappa shape index (κ2) is 15.3. The van der Waals surface area contributed by atoms with Gasteiger partial charge in [-0.15, -0.1) is 0 Å². The number of carbonyl (C=O) groups is 4. The van der Waals surface area contributed by atoms with Crippen molar-refractivity contribution in [1.29, 1.82) is 0 Å². The highest BCUT2D eigenvalue weighted by Gasteiger charge is 2.35. The van der Waals surface area contributed by atoms with Gasteiger partial charge in [0.1, 0.15) is 0 Å². The zero-order valence-corrected chi connectivity index (χ0v) is 31.0. The zero-order chi connectivity index (χ0) is 38.8. The molecule has 0 aromatic heterocycles. The molecule has 0 saturated carbocycles. The van der Waals surface area contributed by atoms with E-state index in [-0.39, 0.29) is 11.1 Å². The molecule has 4 amide bonds. The summed E-state index contributed by atoms with van der Waals surface area (Å²) >= 11 is 0. The van der Waals surface area contributed by atoms with Crippen molar-refractivity contribution in [2.75, 3.05) is 0 Å². The number of amides is 4. The molecule has 2 atom stereocenters. The quantitative estimate of drug-likeness (QED) is 0.146. The van der Waals surface area contributed by atoms with Gasteiger partial charge in [0.05, 0.1) is 12.1 Å². The Morgan fingerprint density at radius 2 is 0.607 bits per heavy atom. The summed E-state index contributed by atoms with van der Waals surface area (Å²) in [5, 5.41) is 4.24. The Hall–Kier alpha value is -7.18. The first-order chi connectivity index (χ1) is 27.3. The number of nitrogens with zero attached hydrogens (tertiary/aromatic N) is 2. The normalized spacial score (nSPS) is 12.2. The van der Waals surface area contributed by atoms with E-state index in [2.05, 4.69) is 0 Å². The van der Waals surface area contributed by atoms with Gasteiger partial charge in [-0.2, -0.15) is 0 Å². The molecule has 0 spiro atoms. The fourth-order valence-electron chi connectivity index (χ4n) is 7.66. The molecular weight excluding hydrogens is 693 g/mol. The maximum Gasteiger partial charge on any atom is 0.261 e. The Morgan fingerprint density at radius 1 is 0.321 bits per heavy atom. The van der Waals surface area contributed by atoms with Crippen LogP contribution in [0.4, 0.5) is 0 Å². The molecule has 8 rings (SSSR count). The van der Waals surface area contributed by atoms with Crippen LogP contribution in [0.15, 0.2) is 182 Å². The highest BCUT2D eigenvalue weighted by Crippen LogP contribution is 2.34. The highest BCUT2D eigenvalue weighted by atomic mass is 16.2. The summed E-state index contributed by atoms with van der Waals surface area (Å²) in [6.45, 7) is 3.69. The first-order valence-corrected chi connectivity index (χ1v) is 18.7. The molecule has 0 radical (unpaired) electrons. The van der Waals surface area contributed by atoms with E-state index in [0.717, 1.165) is 32.7 Å². The number of benzene rings is 8. The summed E-state index contributed by atoms with van der Waals surface area (Å²) in [5.74, 6) is -1.88. The Kier molecular flexibility index (Phi) is 9.78. The summed E-state index contributed by atoms with van der Waals surface area (Å²) in [5.41, 5.74) is 2.93. The van der Waals surface area contributed by atoms with Crippen molar-refractivity contribution in [2.45, 2.75) is 25.9 Å². The van der Waals surface area contributed by atoms with Gasteiger partial charge in [0.25, 0.3) is 23.6 Å². The van der Waals surface area contributed by atoms with Crippen LogP contribution in [-0.2, 0) is 0 Å². The van der Waals surface area contributed by atoms with Gasteiger partial charge < -0.3 is 0 Å². The van der Waals surface area contributed by atoms with Gasteiger partial charge in [0, 0.05) is 22.3 Å². The van der Waals surface area contributed by atoms with E-state index in [1.807, 2.05) is 147 Å². The van der Waals surface area contributed by atoms with Gasteiger partial charge in [0.15, 0.2) is 0 Å². The topological polar surface area (TPSA) is 74.8 Å². The average Bonchev–Trinajstić information content (AvgIpc) is 3.26. The smallest absolute Gasteiger partial charge is 0.261 e. The maximum absolute atomic E-state index is 15.0. The molecule has 0 aliphatic carbocycles. The number of rotatable bonds is 8. The predicted molar refractivity (Wildman–Crippen MR) is 223 cm³/mol. The Balaban J connectivity index is 1.25. The summed E-state index contributed by atoms with van der Waals surface area (Å²) in [6, 6.07) is 54.3. The fraction of sp³-hybridized carbons (Fsp3) is 0.0800. The fourth-order valence-corrected chi connectivity index (χ4v) is 7.66. The number of fused-ring (bicyclic) bond motifs is 3. The average molecular weight is 731 g/mol. The molecule has 0 N–H and O–H groups in total. The standard InChI is InChI=1S/C50H38N2O4/c1-33(35-17-5-3-6-18-35)51(47(53)43-29-15-23-37-21-9-11-25-39(37)43)49(55)45-31-32-46(42-28-14-13-27-41(42)45)50(56)52(34(2)36-19-7-4-8-20-36)48(54)44-30-16-24-38-22-10-12-26-40(38)44/h3-34H,1-2H3/t33-,34-/m0/s1. The summed E-state index contributed by atoms with van der Waals surface area (Å²) in [6.07, 6.45) is 0. The summed E-state index contributed by atoms with van der Waals surface area (Å²) < 4.78 is 0. The lowest BCUT2D eigenvalue weighted by Gasteiger charge is -2.30. The van der Waals surface area contributed by atoms with Crippen LogP contribution in [0, 0.1) is 0 Å². The van der Waals surface area contributed by atoms with Crippen molar-refractivity contribution in [3.63, 3.8) is 0 Å². The second-order valence-corrected chi connectivity index (χ2v) is 13.9. The van der Waals surface area contributed by atoms with Crippen LogP contribution < -0.4 is 0 Å². The maximum atomic E-state index is 15.0. The Labute approximate surface area is 325 Å². The van der Waals surface area contributed by atoms with Gasteiger partial charge in [-0.05, 0) is 81.6 Å². The lowest BCUT2D eigenvalue weighted by Crippen LogP contribution is -2.40. The van der Waals surface area contributed by atoms with Crippen LogP contribution in [-0.4, -0.2) is 33.4 Å². The van der Waals surface area contributed by atoms with Crippen molar-refractivity contribution < 1.29 is 19.2 Å². The van der Waals surface area contributed by atoms with Gasteiger partial charge in [-0.3, -0.25) is 29.0 Å². The van der Waals surface area contributed by atoms with Gasteiger partial charge in [-0.1, -0.05) is 158 Å². The van der Waals surface area contributed by atoms with Crippen molar-refractivity contribution in [1.82, 2.24) is 9.80 Å². The second-order valence-electron chi connectivity index (χ2n) is 13.9. The molecule has 272 valence electrons. The van der Waals surface area contributed by atoms with Crippen LogP contribution >= 0.6 is 0 Å². The molecular formula is C50H38N2O4. The van der Waals surface area contributed by atoms with Crippen LogP contribution in [0.2, 0.25) is 0 Å². The van der Waals surface area contributed by atoms with Crippen molar-refractivity contribution in [3.05, 3.63) is 215 Å². The van der Waals surface area contributed by atoms with Gasteiger partial charge >= 0.3 is 0 Å². The third-order valence-electron chi connectivity index (χ3n) is 10.6. The van der Waals surface area contributed by atoms with Crippen molar-refractivity contribution in [2.24, 2.45) is 0 Å². The number of hydrogen-bond acceptors (Lipinski definition) is 4. The minimum Gasteiger partial charge on any atom is -0.269 e. The van der Waals surface area contributed by atoms with E-state index in [1.165, 1.54) is 9.80 Å². The lowest BCUT2D eigenvalue weighted by molar-refractivity contribution is 0.0540. The molecule has 0 unspecified atom stereocenters. The Morgan fingerprint density at radius 3 is 0.982 bits per heavy atom. The molecule has 56 heavy (non-hydrogen) atoms. The molecule has 6 heteroatoms. The molecule has 0 fully saturated rings. The van der Waals surface area contributed by atoms with E-state index in [1.54, 1.807) is 48.5 Å². The molecule has 0 aliphatic rings. The highest BCUT2D eigenvalue weighted by molar-refractivity contribution is 6.22. The Bertz CT molecular complexity index is 2580. The monoisotopic (exact) mass is 730 g/mol. The SMILES string of the molecule is C[C@@H](c1ccccc1)N(C(=O)c1cccc2ccccc12)C(=O)c1ccc(C(=O)N(C(=O)c2cccc3ccccc23)[C@@H](C)c2ccccc2)c2ccccc12. The lowest BCUT2D eigenvalue weighted by atomic mass is 9.95. The minimum atomic E-state index is -0.629. The van der Waals surface area contributed by atoms with E-state index in [9.17, 15) is 9.59 Å². The molecule has 0 bridgehead atoms. The van der Waals surface area contributed by atoms with Crippen LogP contribution in [0.5, 0.6) is 0 Å². The van der Waals surface area contributed by atoms with Crippen LogP contribution in [0.3, 0.4) is 0 Å². The first-order valence-electron chi connectivity index (χ1n) is 18.7. The number of hydrogen-bond donors (Lipinski definition) is 0. The van der Waals surface area contributed by atoms with E-state index >= 15 is 9.59 Å². The molecule has 8 aromatic rings. The molecule has 6 nitrogen and oxygen atoms in total. The van der Waals surface area contributed by atoms with Crippen LogP contribution in [0.1, 0.15) is 78.5 Å². The van der Waals surface area contributed by atoms with E-state index in [0.29, 0.717) is 21.9 Å². The molecule has 0 saturated heterocycles. The first kappa shape index (κ1) is 35.8. The van der Waals surface area contributed by atoms with E-state index in [4.69, 9.17) is 0 Å². The zero-order valence-electron chi connectivity index (χ0n) is 31.0. The van der Waals surface area contributed by atoms with E-state index < -0.39 is 35.7 Å². The molecule has 8 aromatic carbocycles. The number of carbonyl (C=O) groups excluding carboxylic acids is 4. The third kappa shape index (κ3) is 6.52. The predicted octanol–water partition coefficient (Wildman–Crippen LogP) is 11.2. The van der Waals surface area contributed by atoms with Crippen LogP contribution in [0.25, 0.3) is 32.3 Å².